The lowest BCUT2D eigenvalue weighted by molar-refractivity contribution is -0.116. The number of halogens is 1. The van der Waals surface area contributed by atoms with E-state index in [-0.39, 0.29) is 35.3 Å². The van der Waals surface area contributed by atoms with Crippen LogP contribution in [0.4, 0.5) is 5.69 Å². The first-order chi connectivity index (χ1) is 14.5. The summed E-state index contributed by atoms with van der Waals surface area (Å²) in [6.45, 7) is 0.749. The minimum absolute atomic E-state index is 0.0699. The van der Waals surface area contributed by atoms with E-state index in [9.17, 15) is 13.2 Å². The molecule has 0 saturated carbocycles. The minimum atomic E-state index is -3.87. The van der Waals surface area contributed by atoms with E-state index < -0.39 is 10.0 Å². The van der Waals surface area contributed by atoms with Gasteiger partial charge in [-0.25, -0.2) is 17.7 Å². The molecule has 7 nitrogen and oxygen atoms in total. The second-order valence-electron chi connectivity index (χ2n) is 7.15. The van der Waals surface area contributed by atoms with Crippen molar-refractivity contribution in [3.63, 3.8) is 0 Å². The van der Waals surface area contributed by atoms with Crippen molar-refractivity contribution >= 4 is 39.2 Å². The predicted molar refractivity (Wildman–Crippen MR) is 115 cm³/mol. The van der Waals surface area contributed by atoms with Crippen molar-refractivity contribution in [2.24, 2.45) is 4.99 Å². The zero-order valence-electron chi connectivity index (χ0n) is 16.5. The summed E-state index contributed by atoms with van der Waals surface area (Å²) in [5.41, 5.74) is 2.45. The molecule has 4 rings (SSSR count). The number of alkyl halides is 1. The fourth-order valence-electron chi connectivity index (χ4n) is 3.88. The van der Waals surface area contributed by atoms with Gasteiger partial charge in [0.25, 0.3) is 10.0 Å². The molecule has 0 spiro atoms. The summed E-state index contributed by atoms with van der Waals surface area (Å²) < 4.78 is 33.3. The van der Waals surface area contributed by atoms with Crippen molar-refractivity contribution in [2.75, 3.05) is 31.0 Å². The fraction of sp³-hybridized carbons (Fsp3) is 0.333. The van der Waals surface area contributed by atoms with E-state index in [1.165, 1.54) is 17.5 Å². The van der Waals surface area contributed by atoms with Gasteiger partial charge >= 0.3 is 6.02 Å². The van der Waals surface area contributed by atoms with Crippen molar-refractivity contribution in [3.05, 3.63) is 59.7 Å². The third kappa shape index (κ3) is 3.65. The number of rotatable bonds is 4. The Morgan fingerprint density at radius 1 is 1.23 bits per heavy atom. The predicted octanol–water partition coefficient (Wildman–Crippen LogP) is 2.95. The van der Waals surface area contributed by atoms with Gasteiger partial charge in [-0.3, -0.25) is 4.79 Å². The number of sulfonamides is 1. The fourth-order valence-corrected chi connectivity index (χ4v) is 5.47. The molecule has 0 saturated heterocycles. The molecule has 9 heteroatoms. The normalized spacial score (nSPS) is 18.7. The highest BCUT2D eigenvalue weighted by Crippen LogP contribution is 2.33. The standard InChI is InChI=1S/C21H22ClN3O4S/c1-29-21-23-18(15-6-3-2-4-7-15)14-25(21)30(27,28)17-9-10-19-16(12-17)8-5-11-24(19)20(26)13-22/h2-4,6-7,9-10,12,18H,5,8,11,13-14H2,1H3. The third-order valence-corrected chi connectivity index (χ3v) is 7.32. The molecule has 2 aromatic rings. The van der Waals surface area contributed by atoms with Crippen molar-refractivity contribution < 1.29 is 17.9 Å². The number of amides is 1. The number of hydrogen-bond donors (Lipinski definition) is 0. The Labute approximate surface area is 181 Å². The van der Waals surface area contributed by atoms with Crippen molar-refractivity contribution in [1.82, 2.24) is 4.31 Å². The monoisotopic (exact) mass is 447 g/mol. The summed E-state index contributed by atoms with van der Waals surface area (Å²) in [4.78, 5) is 18.3. The van der Waals surface area contributed by atoms with Crippen LogP contribution in [-0.4, -0.2) is 50.7 Å². The molecule has 0 aromatic heterocycles. The summed E-state index contributed by atoms with van der Waals surface area (Å²) in [7, 11) is -2.46. The number of anilines is 1. The highest BCUT2D eigenvalue weighted by molar-refractivity contribution is 7.89. The molecule has 0 radical (unpaired) electrons. The maximum Gasteiger partial charge on any atom is 0.302 e. The summed E-state index contributed by atoms with van der Waals surface area (Å²) in [5.74, 6) is -0.297. The van der Waals surface area contributed by atoms with Gasteiger partial charge in [-0.05, 0) is 42.2 Å². The molecular weight excluding hydrogens is 426 g/mol. The van der Waals surface area contributed by atoms with E-state index in [0.717, 1.165) is 23.2 Å². The van der Waals surface area contributed by atoms with Gasteiger partial charge in [0, 0.05) is 12.2 Å². The van der Waals surface area contributed by atoms with E-state index in [2.05, 4.69) is 4.99 Å². The average Bonchev–Trinajstić information content (AvgIpc) is 3.24. The topological polar surface area (TPSA) is 79.3 Å². The molecule has 1 atom stereocenters. The number of carbonyl (C=O) groups is 1. The zero-order chi connectivity index (χ0) is 21.3. The molecule has 2 aromatic carbocycles. The molecule has 1 unspecified atom stereocenters. The minimum Gasteiger partial charge on any atom is -0.468 e. The van der Waals surface area contributed by atoms with Crippen LogP contribution < -0.4 is 4.90 Å². The molecule has 2 aliphatic rings. The van der Waals surface area contributed by atoms with Gasteiger partial charge in [-0.15, -0.1) is 11.6 Å². The van der Waals surface area contributed by atoms with Gasteiger partial charge in [-0.1, -0.05) is 30.3 Å². The number of methoxy groups -OCH3 is 1. The van der Waals surface area contributed by atoms with Crippen LogP contribution in [0.3, 0.4) is 0 Å². The number of carbonyl (C=O) groups excluding carboxylic acids is 1. The molecule has 30 heavy (non-hydrogen) atoms. The Balaban J connectivity index is 1.66. The highest BCUT2D eigenvalue weighted by Gasteiger charge is 2.37. The van der Waals surface area contributed by atoms with Crippen molar-refractivity contribution in [3.8, 4) is 0 Å². The van der Waals surface area contributed by atoms with Crippen LogP contribution >= 0.6 is 11.6 Å². The molecule has 1 amide bonds. The molecule has 2 aliphatic heterocycles. The molecule has 0 aliphatic carbocycles. The first-order valence-corrected chi connectivity index (χ1v) is 11.6. The SMILES string of the molecule is COC1=NC(c2ccccc2)CN1S(=O)(=O)c1ccc2c(c1)CCCN2C(=O)CCl. The second kappa shape index (κ2) is 8.28. The number of benzene rings is 2. The Kier molecular flexibility index (Phi) is 5.71. The van der Waals surface area contributed by atoms with Crippen molar-refractivity contribution in [2.45, 2.75) is 23.8 Å². The first kappa shape index (κ1) is 20.7. The number of amidine groups is 1. The number of aryl methyl sites for hydroxylation is 1. The zero-order valence-corrected chi connectivity index (χ0v) is 18.1. The van der Waals surface area contributed by atoms with E-state index >= 15 is 0 Å². The summed E-state index contributed by atoms with van der Waals surface area (Å²) in [6.07, 6.45) is 1.45. The van der Waals surface area contributed by atoms with Gasteiger partial charge in [0.15, 0.2) is 0 Å². The summed E-state index contributed by atoms with van der Waals surface area (Å²) in [5, 5.41) is 0. The lowest BCUT2D eigenvalue weighted by Gasteiger charge is -2.29. The first-order valence-electron chi connectivity index (χ1n) is 9.64. The van der Waals surface area contributed by atoms with Crippen LogP contribution in [0.25, 0.3) is 0 Å². The van der Waals surface area contributed by atoms with Gasteiger partial charge in [0.05, 0.1) is 24.6 Å². The maximum atomic E-state index is 13.4. The van der Waals surface area contributed by atoms with Crippen LogP contribution in [0, 0.1) is 0 Å². The summed E-state index contributed by atoms with van der Waals surface area (Å²) >= 11 is 5.72. The van der Waals surface area contributed by atoms with Crippen LogP contribution in [0.5, 0.6) is 0 Å². The second-order valence-corrected chi connectivity index (χ2v) is 9.28. The van der Waals surface area contributed by atoms with E-state index in [1.807, 2.05) is 30.3 Å². The molecule has 0 fully saturated rings. The highest BCUT2D eigenvalue weighted by atomic mass is 35.5. The Bertz CT molecular complexity index is 1090. The average molecular weight is 448 g/mol. The Morgan fingerprint density at radius 2 is 2.00 bits per heavy atom. The molecule has 0 bridgehead atoms. The number of fused-ring (bicyclic) bond motifs is 1. The van der Waals surface area contributed by atoms with Crippen LogP contribution in [0.1, 0.15) is 23.6 Å². The van der Waals surface area contributed by atoms with E-state index in [0.29, 0.717) is 13.0 Å². The van der Waals surface area contributed by atoms with Crippen LogP contribution in [-0.2, 0) is 26.0 Å². The number of ether oxygens (including phenoxy) is 1. The smallest absolute Gasteiger partial charge is 0.302 e. The lowest BCUT2D eigenvalue weighted by atomic mass is 10.0. The number of nitrogens with zero attached hydrogens (tertiary/aromatic N) is 3. The van der Waals surface area contributed by atoms with E-state index in [1.54, 1.807) is 17.0 Å². The maximum absolute atomic E-state index is 13.4. The quantitative estimate of drug-likeness (QED) is 0.675. The number of aliphatic imine (C=N–C) groups is 1. The molecule has 158 valence electrons. The largest absolute Gasteiger partial charge is 0.468 e. The molecular formula is C21H22ClN3O4S. The Hall–Kier alpha value is -2.58. The van der Waals surface area contributed by atoms with Gasteiger partial charge in [0.1, 0.15) is 5.88 Å². The summed E-state index contributed by atoms with van der Waals surface area (Å²) in [6, 6.07) is 14.1. The molecule has 0 N–H and O–H groups in total. The van der Waals surface area contributed by atoms with Crippen molar-refractivity contribution in [1.29, 1.82) is 0 Å². The molecule has 2 heterocycles. The Morgan fingerprint density at radius 3 is 2.70 bits per heavy atom. The van der Waals surface area contributed by atoms with Gasteiger partial charge in [-0.2, -0.15) is 0 Å². The number of hydrogen-bond acceptors (Lipinski definition) is 5. The van der Waals surface area contributed by atoms with Gasteiger partial charge in [0.2, 0.25) is 5.91 Å². The van der Waals surface area contributed by atoms with E-state index in [4.69, 9.17) is 16.3 Å². The third-order valence-electron chi connectivity index (χ3n) is 5.36. The van der Waals surface area contributed by atoms with Crippen LogP contribution in [0.2, 0.25) is 0 Å². The van der Waals surface area contributed by atoms with Gasteiger partial charge < -0.3 is 9.64 Å². The van der Waals surface area contributed by atoms with Crippen LogP contribution in [0.15, 0.2) is 58.4 Å². The lowest BCUT2D eigenvalue weighted by Crippen LogP contribution is -2.37.